The Bertz CT molecular complexity index is 1230. The monoisotopic (exact) mass is 452 g/mol. The summed E-state index contributed by atoms with van der Waals surface area (Å²) in [5.74, 6) is 0.454. The summed E-state index contributed by atoms with van der Waals surface area (Å²) in [5.41, 5.74) is 5.00. The number of nitrogens with one attached hydrogen (secondary N) is 1. The maximum atomic E-state index is 13.2. The van der Waals surface area contributed by atoms with Crippen LogP contribution in [-0.2, 0) is 11.3 Å². The molecule has 1 amide bonds. The third kappa shape index (κ3) is 5.83. The van der Waals surface area contributed by atoms with Gasteiger partial charge >= 0.3 is 5.69 Å². The van der Waals surface area contributed by atoms with Crippen molar-refractivity contribution in [3.05, 3.63) is 63.3 Å². The van der Waals surface area contributed by atoms with E-state index in [0.717, 1.165) is 23.6 Å². The van der Waals surface area contributed by atoms with E-state index in [9.17, 15) is 14.4 Å². The lowest BCUT2D eigenvalue weighted by atomic mass is 10.1. The van der Waals surface area contributed by atoms with Gasteiger partial charge in [-0.05, 0) is 41.7 Å². The van der Waals surface area contributed by atoms with E-state index in [1.165, 1.54) is 9.47 Å². The largest absolute Gasteiger partial charge is 0.484 e. The van der Waals surface area contributed by atoms with Gasteiger partial charge in [0.05, 0.1) is 0 Å². The average molecular weight is 453 g/mol. The zero-order chi connectivity index (χ0) is 24.0. The van der Waals surface area contributed by atoms with Crippen LogP contribution in [0, 0.1) is 5.92 Å². The molecule has 8 heteroatoms. The first-order valence-electron chi connectivity index (χ1n) is 11.4. The topological polar surface area (TPSA) is 110 Å². The summed E-state index contributed by atoms with van der Waals surface area (Å²) in [6, 6.07) is 13.5. The molecule has 0 spiro atoms. The number of hydrogen-bond acceptors (Lipinski definition) is 5. The summed E-state index contributed by atoms with van der Waals surface area (Å²) in [7, 11) is 0. The molecule has 0 aliphatic heterocycles. The summed E-state index contributed by atoms with van der Waals surface area (Å²) in [5, 5.41) is 2.08. The van der Waals surface area contributed by atoms with Crippen LogP contribution in [-0.4, -0.2) is 28.6 Å². The Kier molecular flexibility index (Phi) is 7.92. The van der Waals surface area contributed by atoms with E-state index in [0.29, 0.717) is 24.6 Å². The molecule has 0 atom stereocenters. The van der Waals surface area contributed by atoms with Gasteiger partial charge < -0.3 is 15.4 Å². The molecular formula is C25H32N4O4. The second-order valence-electron chi connectivity index (χ2n) is 8.52. The first kappa shape index (κ1) is 24.1. The normalized spacial score (nSPS) is 11.2. The molecule has 0 saturated heterocycles. The van der Waals surface area contributed by atoms with Gasteiger partial charge in [-0.2, -0.15) is 0 Å². The number of amides is 1. The van der Waals surface area contributed by atoms with E-state index < -0.39 is 17.2 Å². The minimum Gasteiger partial charge on any atom is -0.484 e. The van der Waals surface area contributed by atoms with Crippen LogP contribution in [0.1, 0.15) is 40.0 Å². The van der Waals surface area contributed by atoms with Crippen LogP contribution < -0.4 is 26.6 Å². The summed E-state index contributed by atoms with van der Waals surface area (Å²) in [6.07, 6.45) is 2.24. The highest BCUT2D eigenvalue weighted by Gasteiger charge is 2.24. The van der Waals surface area contributed by atoms with E-state index in [1.807, 2.05) is 57.2 Å². The van der Waals surface area contributed by atoms with Crippen LogP contribution in [0.4, 0.5) is 11.5 Å². The van der Waals surface area contributed by atoms with Crippen LogP contribution in [0.25, 0.3) is 10.8 Å². The third-order valence-corrected chi connectivity index (χ3v) is 5.53. The molecule has 3 aromatic rings. The fourth-order valence-corrected chi connectivity index (χ4v) is 3.61. The van der Waals surface area contributed by atoms with E-state index in [2.05, 4.69) is 4.98 Å². The molecule has 0 unspecified atom stereocenters. The number of rotatable bonds is 10. The highest BCUT2D eigenvalue weighted by molar-refractivity contribution is 5.96. The summed E-state index contributed by atoms with van der Waals surface area (Å²) in [4.78, 5) is 41.9. The van der Waals surface area contributed by atoms with Gasteiger partial charge in [-0.3, -0.25) is 19.1 Å². The van der Waals surface area contributed by atoms with Gasteiger partial charge in [0.15, 0.2) is 12.3 Å². The predicted molar refractivity (Wildman–Crippen MR) is 132 cm³/mol. The summed E-state index contributed by atoms with van der Waals surface area (Å²) >= 11 is 0. The van der Waals surface area contributed by atoms with Crippen LogP contribution >= 0.6 is 0 Å². The van der Waals surface area contributed by atoms with Crippen LogP contribution in [0.3, 0.4) is 0 Å². The number of fused-ring (bicyclic) bond motifs is 1. The second-order valence-corrected chi connectivity index (χ2v) is 8.52. The lowest BCUT2D eigenvalue weighted by Gasteiger charge is -2.25. The lowest BCUT2D eigenvalue weighted by molar-refractivity contribution is -0.120. The Morgan fingerprint density at radius 3 is 2.58 bits per heavy atom. The van der Waals surface area contributed by atoms with Crippen molar-refractivity contribution in [1.29, 1.82) is 0 Å². The molecule has 1 aromatic heterocycles. The SMILES string of the molecule is CCCCn1c(N)c(N(CCC(C)C)C(=O)COc2ccc3ccccc3c2)c(=O)[nH]c1=O. The number of nitrogens with zero attached hydrogens (tertiary/aromatic N) is 2. The average Bonchev–Trinajstić information content (AvgIpc) is 2.79. The van der Waals surface area contributed by atoms with Gasteiger partial charge in [-0.25, -0.2) is 4.79 Å². The minimum absolute atomic E-state index is 0.0000104. The smallest absolute Gasteiger partial charge is 0.330 e. The number of nitrogens with two attached hydrogens (primary N) is 1. The molecule has 1 heterocycles. The Labute approximate surface area is 193 Å². The Morgan fingerprint density at radius 2 is 1.88 bits per heavy atom. The molecule has 8 nitrogen and oxygen atoms in total. The van der Waals surface area contributed by atoms with Gasteiger partial charge in [0, 0.05) is 13.1 Å². The lowest BCUT2D eigenvalue weighted by Crippen LogP contribution is -2.43. The fraction of sp³-hybridized carbons (Fsp3) is 0.400. The first-order chi connectivity index (χ1) is 15.8. The van der Waals surface area contributed by atoms with Gasteiger partial charge in [-0.15, -0.1) is 0 Å². The number of anilines is 2. The Hall–Kier alpha value is -3.55. The van der Waals surface area contributed by atoms with Crippen molar-refractivity contribution in [1.82, 2.24) is 9.55 Å². The van der Waals surface area contributed by atoms with Crippen molar-refractivity contribution < 1.29 is 9.53 Å². The fourth-order valence-electron chi connectivity index (χ4n) is 3.61. The third-order valence-electron chi connectivity index (χ3n) is 5.53. The number of nitrogen functional groups attached to an aromatic ring is 1. The van der Waals surface area contributed by atoms with Crippen LogP contribution in [0.2, 0.25) is 0 Å². The van der Waals surface area contributed by atoms with Gasteiger partial charge in [0.25, 0.3) is 11.5 Å². The van der Waals surface area contributed by atoms with Gasteiger partial charge in [0.1, 0.15) is 11.6 Å². The zero-order valence-corrected chi connectivity index (χ0v) is 19.5. The minimum atomic E-state index is -0.673. The molecule has 0 fully saturated rings. The zero-order valence-electron chi connectivity index (χ0n) is 19.5. The van der Waals surface area contributed by atoms with Crippen LogP contribution in [0.5, 0.6) is 5.75 Å². The van der Waals surface area contributed by atoms with Crippen molar-refractivity contribution in [2.75, 3.05) is 23.8 Å². The molecule has 0 saturated carbocycles. The second kappa shape index (κ2) is 10.8. The van der Waals surface area contributed by atoms with Gasteiger partial charge in [0.2, 0.25) is 0 Å². The molecule has 0 bridgehead atoms. The standard InChI is InChI=1S/C25H32N4O4/c1-4-5-13-29-23(26)22(24(31)27-25(29)32)28(14-12-17(2)3)21(30)16-33-20-11-10-18-8-6-7-9-19(18)15-20/h6-11,15,17H,4-5,12-14,16,26H2,1-3H3,(H,27,31,32). The highest BCUT2D eigenvalue weighted by atomic mass is 16.5. The number of aromatic nitrogens is 2. The van der Waals surface area contributed by atoms with Crippen molar-refractivity contribution in [2.45, 2.75) is 46.6 Å². The molecule has 3 N–H and O–H groups in total. The number of benzene rings is 2. The number of H-pyrrole nitrogens is 1. The number of carbonyl (C=O) groups excluding carboxylic acids is 1. The van der Waals surface area contributed by atoms with E-state index in [1.54, 1.807) is 6.07 Å². The summed E-state index contributed by atoms with van der Waals surface area (Å²) in [6.45, 7) is 6.45. The number of unbranched alkanes of at least 4 members (excludes halogenated alkanes) is 1. The van der Waals surface area contributed by atoms with Crippen molar-refractivity contribution in [3.8, 4) is 5.75 Å². The molecule has 0 aliphatic carbocycles. The van der Waals surface area contributed by atoms with E-state index in [4.69, 9.17) is 10.5 Å². The summed E-state index contributed by atoms with van der Waals surface area (Å²) < 4.78 is 7.09. The number of carbonyl (C=O) groups is 1. The molecule has 3 rings (SSSR count). The molecule has 0 radical (unpaired) electrons. The van der Waals surface area contributed by atoms with Crippen LogP contribution in [0.15, 0.2) is 52.1 Å². The first-order valence-corrected chi connectivity index (χ1v) is 11.4. The van der Waals surface area contributed by atoms with E-state index in [-0.39, 0.29) is 24.7 Å². The molecule has 0 aliphatic rings. The molecule has 2 aromatic carbocycles. The quantitative estimate of drug-likeness (QED) is 0.489. The molecule has 33 heavy (non-hydrogen) atoms. The van der Waals surface area contributed by atoms with Gasteiger partial charge in [-0.1, -0.05) is 57.5 Å². The van der Waals surface area contributed by atoms with E-state index >= 15 is 0 Å². The van der Waals surface area contributed by atoms with Crippen molar-refractivity contribution in [2.24, 2.45) is 5.92 Å². The number of aromatic amines is 1. The maximum Gasteiger partial charge on any atom is 0.330 e. The highest BCUT2D eigenvalue weighted by Crippen LogP contribution is 2.22. The number of hydrogen-bond donors (Lipinski definition) is 2. The Balaban J connectivity index is 1.89. The Morgan fingerprint density at radius 1 is 1.15 bits per heavy atom. The maximum absolute atomic E-state index is 13.2. The predicted octanol–water partition coefficient (Wildman–Crippen LogP) is 3.53. The van der Waals surface area contributed by atoms with Crippen molar-refractivity contribution >= 4 is 28.2 Å². The van der Waals surface area contributed by atoms with Crippen molar-refractivity contribution in [3.63, 3.8) is 0 Å². The molecule has 176 valence electrons. The molecular weight excluding hydrogens is 420 g/mol. The number of ether oxygens (including phenoxy) is 1.